The molecule has 0 aromatic rings. The minimum Gasteiger partial charge on any atom is -0.480 e. The van der Waals surface area contributed by atoms with Crippen LogP contribution in [0.15, 0.2) is 0 Å². The summed E-state index contributed by atoms with van der Waals surface area (Å²) >= 11 is 0. The highest BCUT2D eigenvalue weighted by Crippen LogP contribution is 2.08. The summed E-state index contributed by atoms with van der Waals surface area (Å²) in [6.45, 7) is 2.68. The maximum atomic E-state index is 10.8. The van der Waals surface area contributed by atoms with Gasteiger partial charge in [0.1, 0.15) is 6.04 Å². The molecule has 1 heterocycles. The molecule has 0 radical (unpaired) electrons. The highest BCUT2D eigenvalue weighted by atomic mass is 16.4. The van der Waals surface area contributed by atoms with E-state index in [-0.39, 0.29) is 18.6 Å². The van der Waals surface area contributed by atoms with E-state index in [0.29, 0.717) is 19.5 Å². The zero-order valence-electron chi connectivity index (χ0n) is 8.64. The van der Waals surface area contributed by atoms with E-state index in [9.17, 15) is 14.7 Å². The Morgan fingerprint density at radius 3 is 2.67 bits per heavy atom. The lowest BCUT2D eigenvalue weighted by molar-refractivity contribution is -0.142. The molecule has 6 nitrogen and oxygen atoms in total. The third kappa shape index (κ3) is 3.85. The Morgan fingerprint density at radius 2 is 2.27 bits per heavy atom. The van der Waals surface area contributed by atoms with Gasteiger partial charge in [0, 0.05) is 26.6 Å². The third-order valence-corrected chi connectivity index (χ3v) is 2.36. The molecular weight excluding hydrogens is 200 g/mol. The minimum absolute atomic E-state index is 0.242. The van der Waals surface area contributed by atoms with Crippen molar-refractivity contribution in [1.82, 2.24) is 10.2 Å². The fraction of sp³-hybridized carbons (Fsp3) is 0.778. The van der Waals surface area contributed by atoms with Crippen molar-refractivity contribution in [2.75, 3.05) is 19.6 Å². The lowest BCUT2D eigenvalue weighted by atomic mass is 10.2. The summed E-state index contributed by atoms with van der Waals surface area (Å²) < 4.78 is 0. The molecule has 1 amide bonds. The maximum absolute atomic E-state index is 10.8. The molecule has 0 saturated carbocycles. The van der Waals surface area contributed by atoms with E-state index in [1.54, 1.807) is 0 Å². The molecular formula is C9H16N2O4. The van der Waals surface area contributed by atoms with Crippen molar-refractivity contribution >= 4 is 11.9 Å². The number of carboxylic acid groups (broad SMARTS) is 1. The first kappa shape index (κ1) is 11.9. The van der Waals surface area contributed by atoms with Crippen LogP contribution in [0.4, 0.5) is 0 Å². The van der Waals surface area contributed by atoms with Crippen molar-refractivity contribution in [3.63, 3.8) is 0 Å². The van der Waals surface area contributed by atoms with Crippen LogP contribution in [0.2, 0.25) is 0 Å². The fourth-order valence-electron chi connectivity index (χ4n) is 1.67. The molecule has 0 aromatic heterocycles. The van der Waals surface area contributed by atoms with Gasteiger partial charge in [-0.25, -0.2) is 4.79 Å². The van der Waals surface area contributed by atoms with Gasteiger partial charge in [0.05, 0.1) is 6.10 Å². The number of carbonyl (C=O) groups is 2. The van der Waals surface area contributed by atoms with Crippen molar-refractivity contribution in [2.24, 2.45) is 0 Å². The Bertz CT molecular complexity index is 256. The van der Waals surface area contributed by atoms with Gasteiger partial charge in [-0.1, -0.05) is 0 Å². The molecule has 6 heteroatoms. The van der Waals surface area contributed by atoms with Crippen LogP contribution >= 0.6 is 0 Å². The van der Waals surface area contributed by atoms with Gasteiger partial charge in [0.15, 0.2) is 0 Å². The van der Waals surface area contributed by atoms with E-state index in [0.717, 1.165) is 0 Å². The molecule has 2 atom stereocenters. The second kappa shape index (κ2) is 5.09. The van der Waals surface area contributed by atoms with Crippen LogP contribution in [0.25, 0.3) is 0 Å². The van der Waals surface area contributed by atoms with Crippen molar-refractivity contribution in [2.45, 2.75) is 25.5 Å². The van der Waals surface area contributed by atoms with Gasteiger partial charge in [-0.05, 0) is 6.42 Å². The predicted octanol–water partition coefficient (Wildman–Crippen LogP) is -1.36. The second-order valence-electron chi connectivity index (χ2n) is 3.79. The molecule has 15 heavy (non-hydrogen) atoms. The summed E-state index contributed by atoms with van der Waals surface area (Å²) in [7, 11) is 0. The lowest BCUT2D eigenvalue weighted by Crippen LogP contribution is -2.47. The predicted molar refractivity (Wildman–Crippen MR) is 52.3 cm³/mol. The van der Waals surface area contributed by atoms with E-state index >= 15 is 0 Å². The van der Waals surface area contributed by atoms with E-state index < -0.39 is 12.0 Å². The van der Waals surface area contributed by atoms with Crippen LogP contribution in [0, 0.1) is 0 Å². The molecule has 2 unspecified atom stereocenters. The standard InChI is InChI=1S/C9H16N2O4/c1-6(12)10-8(9(14)15)5-11-3-2-7(13)4-11/h7-8,13H,2-5H2,1H3,(H,10,12)(H,14,15). The normalized spacial score (nSPS) is 23.7. The number of aliphatic hydroxyl groups excluding tert-OH is 1. The molecule has 0 aromatic carbocycles. The summed E-state index contributed by atoms with van der Waals surface area (Å²) in [6.07, 6.45) is 0.281. The van der Waals surface area contributed by atoms with Crippen molar-refractivity contribution < 1.29 is 19.8 Å². The highest BCUT2D eigenvalue weighted by Gasteiger charge is 2.26. The first-order valence-corrected chi connectivity index (χ1v) is 4.89. The fourth-order valence-corrected chi connectivity index (χ4v) is 1.67. The molecule has 1 aliphatic heterocycles. The van der Waals surface area contributed by atoms with Gasteiger partial charge >= 0.3 is 5.97 Å². The molecule has 1 aliphatic rings. The smallest absolute Gasteiger partial charge is 0.327 e. The summed E-state index contributed by atoms with van der Waals surface area (Å²) in [5, 5.41) is 20.5. The zero-order chi connectivity index (χ0) is 11.4. The van der Waals surface area contributed by atoms with Crippen molar-refractivity contribution in [1.29, 1.82) is 0 Å². The van der Waals surface area contributed by atoms with E-state index in [2.05, 4.69) is 5.32 Å². The van der Waals surface area contributed by atoms with Crippen LogP contribution < -0.4 is 5.32 Å². The van der Waals surface area contributed by atoms with Gasteiger partial charge in [-0.3, -0.25) is 9.69 Å². The molecule has 1 rings (SSSR count). The number of aliphatic carboxylic acids is 1. The first-order chi connectivity index (χ1) is 6.99. The average molecular weight is 216 g/mol. The number of carboxylic acids is 1. The number of likely N-dealkylation sites (tertiary alicyclic amines) is 1. The Labute approximate surface area is 87.9 Å². The van der Waals surface area contributed by atoms with Crippen LogP contribution in [0.3, 0.4) is 0 Å². The van der Waals surface area contributed by atoms with Crippen molar-refractivity contribution in [3.05, 3.63) is 0 Å². The molecule has 1 fully saturated rings. The number of amides is 1. The van der Waals surface area contributed by atoms with Gasteiger partial charge < -0.3 is 15.5 Å². The maximum Gasteiger partial charge on any atom is 0.327 e. The number of nitrogens with one attached hydrogen (secondary N) is 1. The molecule has 0 aliphatic carbocycles. The van der Waals surface area contributed by atoms with Crippen molar-refractivity contribution in [3.8, 4) is 0 Å². The Morgan fingerprint density at radius 1 is 1.60 bits per heavy atom. The average Bonchev–Trinajstić information content (AvgIpc) is 2.49. The summed E-state index contributed by atoms with van der Waals surface area (Å²) in [4.78, 5) is 23.4. The largest absolute Gasteiger partial charge is 0.480 e. The summed E-state index contributed by atoms with van der Waals surface area (Å²) in [6, 6.07) is -0.896. The minimum atomic E-state index is -1.05. The number of aliphatic hydroxyl groups is 1. The van der Waals surface area contributed by atoms with E-state index in [1.807, 2.05) is 4.90 Å². The quantitative estimate of drug-likeness (QED) is 0.540. The Kier molecular flexibility index (Phi) is 4.05. The summed E-state index contributed by atoms with van der Waals surface area (Å²) in [5.41, 5.74) is 0. The molecule has 86 valence electrons. The molecule has 0 spiro atoms. The van der Waals surface area contributed by atoms with Crippen LogP contribution in [-0.4, -0.2) is 58.8 Å². The van der Waals surface area contributed by atoms with Crippen LogP contribution in [-0.2, 0) is 9.59 Å². The Balaban J connectivity index is 2.44. The van der Waals surface area contributed by atoms with Crippen LogP contribution in [0.5, 0.6) is 0 Å². The SMILES string of the molecule is CC(=O)NC(CN1CCC(O)C1)C(=O)O. The van der Waals surface area contributed by atoms with Gasteiger partial charge in [-0.2, -0.15) is 0 Å². The van der Waals surface area contributed by atoms with Gasteiger partial charge in [0.2, 0.25) is 5.91 Å². The second-order valence-corrected chi connectivity index (χ2v) is 3.79. The van der Waals surface area contributed by atoms with Crippen LogP contribution in [0.1, 0.15) is 13.3 Å². The number of hydrogen-bond acceptors (Lipinski definition) is 4. The monoisotopic (exact) mass is 216 g/mol. The zero-order valence-corrected chi connectivity index (χ0v) is 8.64. The number of β-amino-alcohol motifs (C(OH)–C–C–N with tert-alkyl or cyclic N) is 1. The first-order valence-electron chi connectivity index (χ1n) is 4.89. The third-order valence-electron chi connectivity index (χ3n) is 2.36. The van der Waals surface area contributed by atoms with Gasteiger partial charge in [-0.15, -0.1) is 0 Å². The number of carbonyl (C=O) groups excluding carboxylic acids is 1. The number of nitrogens with zero attached hydrogens (tertiary/aromatic N) is 1. The molecule has 3 N–H and O–H groups in total. The topological polar surface area (TPSA) is 89.9 Å². The molecule has 0 bridgehead atoms. The lowest BCUT2D eigenvalue weighted by Gasteiger charge is -2.20. The van der Waals surface area contributed by atoms with E-state index in [4.69, 9.17) is 5.11 Å². The highest BCUT2D eigenvalue weighted by molar-refractivity contribution is 5.82. The van der Waals surface area contributed by atoms with E-state index in [1.165, 1.54) is 6.92 Å². The summed E-state index contributed by atoms with van der Waals surface area (Å²) in [5.74, 6) is -1.41. The number of rotatable bonds is 4. The van der Waals surface area contributed by atoms with Gasteiger partial charge in [0.25, 0.3) is 0 Å². The number of hydrogen-bond donors (Lipinski definition) is 3. The Hall–Kier alpha value is -1.14. The molecule has 1 saturated heterocycles.